The lowest BCUT2D eigenvalue weighted by molar-refractivity contribution is -0.161. The van der Waals surface area contributed by atoms with Crippen molar-refractivity contribution in [2.24, 2.45) is 17.8 Å². The Hall–Kier alpha value is -1.94. The number of esters is 4. The van der Waals surface area contributed by atoms with E-state index in [9.17, 15) is 43.2 Å². The summed E-state index contributed by atoms with van der Waals surface area (Å²) in [5.74, 6) is 0.316. The van der Waals surface area contributed by atoms with Crippen LogP contribution in [0, 0.1) is 17.8 Å². The van der Waals surface area contributed by atoms with E-state index in [0.29, 0.717) is 25.7 Å². The van der Waals surface area contributed by atoms with Crippen LogP contribution in [0.1, 0.15) is 472 Å². The maximum atomic E-state index is 13.2. The van der Waals surface area contributed by atoms with E-state index in [-0.39, 0.29) is 25.7 Å². The zero-order chi connectivity index (χ0) is 79.3. The maximum absolute atomic E-state index is 13.2. The minimum atomic E-state index is -4.97. The van der Waals surface area contributed by atoms with Gasteiger partial charge in [-0.15, -0.1) is 0 Å². The summed E-state index contributed by atoms with van der Waals surface area (Å²) in [6.07, 6.45) is 70.8. The number of hydrogen-bond acceptors (Lipinski definition) is 15. The first-order valence-electron chi connectivity index (χ1n) is 45.9. The van der Waals surface area contributed by atoms with Crippen molar-refractivity contribution in [2.75, 3.05) is 39.6 Å². The summed E-state index contributed by atoms with van der Waals surface area (Å²) in [5, 5.41) is 10.7. The number of aliphatic hydroxyl groups excluding tert-OH is 1. The van der Waals surface area contributed by atoms with Gasteiger partial charge in [-0.2, -0.15) is 0 Å². The third-order valence-electron chi connectivity index (χ3n) is 21.6. The van der Waals surface area contributed by atoms with Gasteiger partial charge < -0.3 is 33.8 Å². The first kappa shape index (κ1) is 106. The molecule has 7 atom stereocenters. The Kier molecular flexibility index (Phi) is 77.5. The average molecular weight is 1580 g/mol. The van der Waals surface area contributed by atoms with Crippen molar-refractivity contribution in [2.45, 2.75) is 491 Å². The molecule has 0 aliphatic rings. The van der Waals surface area contributed by atoms with Gasteiger partial charge in [0.1, 0.15) is 19.3 Å². The SMILES string of the molecule is CCCCCCCCCCCCCCCCCCCCCCC(=O)OC[C@H](COP(=O)(O)OC[C@@H](O)COP(=O)(O)OC[C@@H](COC(=O)CCCCCCCCCCCC(C)C)OC(=O)CCCCCCCCCCCCC(C)CC)OC(=O)CCCCCCCCCCCCCCCCCCCCC(C)CC. The van der Waals surface area contributed by atoms with E-state index in [0.717, 1.165) is 108 Å². The topological polar surface area (TPSA) is 237 Å². The van der Waals surface area contributed by atoms with E-state index in [2.05, 4.69) is 48.5 Å². The highest BCUT2D eigenvalue weighted by molar-refractivity contribution is 7.47. The second-order valence-corrected chi connectivity index (χ2v) is 35.9. The van der Waals surface area contributed by atoms with E-state index in [4.69, 9.17) is 37.0 Å². The van der Waals surface area contributed by atoms with Crippen molar-refractivity contribution >= 4 is 39.5 Å². The highest BCUT2D eigenvalue weighted by Gasteiger charge is 2.31. The molecule has 642 valence electrons. The molecule has 0 aliphatic heterocycles. The third kappa shape index (κ3) is 79.3. The molecule has 19 heteroatoms. The smallest absolute Gasteiger partial charge is 0.462 e. The van der Waals surface area contributed by atoms with Crippen molar-refractivity contribution in [1.29, 1.82) is 0 Å². The third-order valence-corrected chi connectivity index (χ3v) is 23.5. The van der Waals surface area contributed by atoms with E-state index in [1.807, 2.05) is 0 Å². The summed E-state index contributed by atoms with van der Waals surface area (Å²) in [6.45, 7) is 12.1. The number of carbonyl (C=O) groups is 4. The van der Waals surface area contributed by atoms with Crippen LogP contribution in [0.2, 0.25) is 0 Å². The zero-order valence-corrected chi connectivity index (χ0v) is 73.1. The predicted molar refractivity (Wildman–Crippen MR) is 446 cm³/mol. The summed E-state index contributed by atoms with van der Waals surface area (Å²) in [5.41, 5.74) is 0. The van der Waals surface area contributed by atoms with Crippen molar-refractivity contribution in [3.8, 4) is 0 Å². The Morgan fingerprint density at radius 1 is 0.269 bits per heavy atom. The van der Waals surface area contributed by atoms with Gasteiger partial charge in [-0.3, -0.25) is 37.3 Å². The molecule has 4 unspecified atom stereocenters. The summed E-state index contributed by atoms with van der Waals surface area (Å²) < 4.78 is 69.0. The largest absolute Gasteiger partial charge is 0.472 e. The van der Waals surface area contributed by atoms with Gasteiger partial charge in [0.2, 0.25) is 0 Å². The second kappa shape index (κ2) is 78.9. The molecule has 0 fully saturated rings. The molecule has 0 aromatic heterocycles. The summed E-state index contributed by atoms with van der Waals surface area (Å²) >= 11 is 0. The lowest BCUT2D eigenvalue weighted by Gasteiger charge is -2.21. The van der Waals surface area contributed by atoms with E-state index in [1.165, 1.54) is 283 Å². The van der Waals surface area contributed by atoms with Crippen LogP contribution in [0.15, 0.2) is 0 Å². The molecule has 0 aromatic carbocycles. The van der Waals surface area contributed by atoms with Crippen molar-refractivity contribution in [3.05, 3.63) is 0 Å². The van der Waals surface area contributed by atoms with Crippen LogP contribution in [0.5, 0.6) is 0 Å². The van der Waals surface area contributed by atoms with Gasteiger partial charge in [0.15, 0.2) is 12.2 Å². The first-order chi connectivity index (χ1) is 52.3. The van der Waals surface area contributed by atoms with Crippen LogP contribution in [0.3, 0.4) is 0 Å². The molecule has 0 bridgehead atoms. The molecular weight excluding hydrogens is 1400 g/mol. The van der Waals surface area contributed by atoms with Gasteiger partial charge in [0.05, 0.1) is 26.4 Å². The van der Waals surface area contributed by atoms with Gasteiger partial charge in [-0.25, -0.2) is 9.13 Å². The molecule has 0 rings (SSSR count). The fourth-order valence-electron chi connectivity index (χ4n) is 13.8. The van der Waals surface area contributed by atoms with E-state index in [1.54, 1.807) is 0 Å². The Morgan fingerprint density at radius 2 is 0.472 bits per heavy atom. The zero-order valence-electron chi connectivity index (χ0n) is 71.3. The second-order valence-electron chi connectivity index (χ2n) is 32.9. The van der Waals surface area contributed by atoms with Gasteiger partial charge in [-0.05, 0) is 43.4 Å². The molecule has 0 spiro atoms. The normalized spacial score (nSPS) is 14.3. The number of carbonyl (C=O) groups excluding carboxylic acids is 4. The summed E-state index contributed by atoms with van der Waals surface area (Å²) in [7, 11) is -9.93. The highest BCUT2D eigenvalue weighted by Crippen LogP contribution is 2.45. The van der Waals surface area contributed by atoms with Crippen LogP contribution in [-0.4, -0.2) is 96.7 Å². The molecule has 0 heterocycles. The van der Waals surface area contributed by atoms with E-state index >= 15 is 0 Å². The van der Waals surface area contributed by atoms with Gasteiger partial charge in [0.25, 0.3) is 0 Å². The molecule has 0 aliphatic carbocycles. The number of ether oxygens (including phenoxy) is 4. The standard InChI is InChI=1S/C89H174O17P2/c1-8-11-12-13-14-15-16-17-18-19-20-21-25-28-31-34-42-49-56-63-70-86(91)99-76-84(105-88(93)72-65-58-51-43-35-32-29-26-23-22-24-27-30-33-40-47-54-61-68-81(6)9-2)78-103-107(95,96)101-74-83(90)75-102-108(97,98)104-79-85(77-100-87(92)71-64-57-50-45-38-39-46-53-60-67-80(4)5)106-89(94)73-66-59-52-44-37-36-41-48-55-62-69-82(7)10-3/h80-85,90H,8-79H2,1-7H3,(H,95,96)(H,97,98)/t81?,82?,83-,84-,85-/m1/s1. The molecule has 108 heavy (non-hydrogen) atoms. The average Bonchev–Trinajstić information content (AvgIpc) is 0.898. The summed E-state index contributed by atoms with van der Waals surface area (Å²) in [4.78, 5) is 73.3. The van der Waals surface area contributed by atoms with Gasteiger partial charge in [0, 0.05) is 25.7 Å². The molecule has 0 aromatic rings. The van der Waals surface area contributed by atoms with E-state index < -0.39 is 97.5 Å². The molecule has 17 nitrogen and oxygen atoms in total. The molecule has 0 radical (unpaired) electrons. The van der Waals surface area contributed by atoms with Crippen LogP contribution in [0.25, 0.3) is 0 Å². The van der Waals surface area contributed by atoms with Gasteiger partial charge >= 0.3 is 39.5 Å². The Balaban J connectivity index is 5.24. The number of unbranched alkanes of at least 4 members (excludes halogenated alkanes) is 53. The lowest BCUT2D eigenvalue weighted by atomic mass is 9.99. The predicted octanol–water partition coefficient (Wildman–Crippen LogP) is 27.3. The maximum Gasteiger partial charge on any atom is 0.472 e. The Morgan fingerprint density at radius 3 is 0.704 bits per heavy atom. The monoisotopic (exact) mass is 1580 g/mol. The number of rotatable bonds is 87. The van der Waals surface area contributed by atoms with Crippen LogP contribution < -0.4 is 0 Å². The first-order valence-corrected chi connectivity index (χ1v) is 48.9. The summed E-state index contributed by atoms with van der Waals surface area (Å²) in [6, 6.07) is 0. The van der Waals surface area contributed by atoms with Crippen LogP contribution in [-0.2, 0) is 65.4 Å². The number of aliphatic hydroxyl groups is 1. The Bertz CT molecular complexity index is 2080. The lowest BCUT2D eigenvalue weighted by Crippen LogP contribution is -2.30. The number of hydrogen-bond donors (Lipinski definition) is 3. The van der Waals surface area contributed by atoms with Crippen LogP contribution in [0.4, 0.5) is 0 Å². The molecule has 3 N–H and O–H groups in total. The highest BCUT2D eigenvalue weighted by atomic mass is 31.2. The molecule has 0 saturated heterocycles. The minimum Gasteiger partial charge on any atom is -0.462 e. The van der Waals surface area contributed by atoms with Crippen molar-refractivity contribution in [1.82, 2.24) is 0 Å². The fraction of sp³-hybridized carbons (Fsp3) is 0.955. The molecule has 0 amide bonds. The Labute approximate surface area is 664 Å². The van der Waals surface area contributed by atoms with Gasteiger partial charge in [-0.1, -0.05) is 421 Å². The minimum absolute atomic E-state index is 0.106. The van der Waals surface area contributed by atoms with Crippen molar-refractivity contribution < 1.29 is 80.2 Å². The number of phosphoric ester groups is 2. The molecule has 0 saturated carbocycles. The quantitative estimate of drug-likeness (QED) is 0.0222. The van der Waals surface area contributed by atoms with Crippen molar-refractivity contribution in [3.63, 3.8) is 0 Å². The van der Waals surface area contributed by atoms with Crippen LogP contribution >= 0.6 is 15.6 Å². The number of phosphoric acid groups is 2. The molecular formula is C89H174O17P2. The fourth-order valence-corrected chi connectivity index (χ4v) is 15.4.